The lowest BCUT2D eigenvalue weighted by Gasteiger charge is -2.59. The molecule has 0 aliphatic heterocycles. The van der Waals surface area contributed by atoms with Crippen LogP contribution in [0.15, 0.2) is 96.0 Å². The van der Waals surface area contributed by atoms with Crippen molar-refractivity contribution in [2.24, 2.45) is 16.8 Å². The number of hydrogen-bond acceptors (Lipinski definition) is 2. The van der Waals surface area contributed by atoms with Crippen LogP contribution in [0, 0.1) is 11.8 Å². The maximum atomic E-state index is 11.8. The summed E-state index contributed by atoms with van der Waals surface area (Å²) in [5.74, 6) is 0.702. The normalized spacial score (nSPS) is 25.0. The number of rotatable bonds is 5. The van der Waals surface area contributed by atoms with Crippen LogP contribution in [0.4, 0.5) is 0 Å². The zero-order chi connectivity index (χ0) is 21.9. The molecule has 0 radical (unpaired) electrons. The maximum Gasteiger partial charge on any atom is 0.235 e. The van der Waals surface area contributed by atoms with Gasteiger partial charge in [0.1, 0.15) is 0 Å². The molecule has 3 aromatic rings. The summed E-state index contributed by atoms with van der Waals surface area (Å²) in [6, 6.07) is 32.0. The largest absolute Gasteiger partial charge is 0.235 e. The summed E-state index contributed by atoms with van der Waals surface area (Å²) in [5.41, 5.74) is 2.98. The first-order chi connectivity index (χ1) is 15.1. The van der Waals surface area contributed by atoms with E-state index in [1.165, 1.54) is 16.7 Å². The number of hydrogen-bond donors (Lipinski definition) is 0. The highest BCUT2D eigenvalue weighted by molar-refractivity contribution is 5.53. The second kappa shape index (κ2) is 8.65. The highest BCUT2D eigenvalue weighted by Crippen LogP contribution is 2.60. The predicted octanol–water partition coefficient (Wildman–Crippen LogP) is 6.70. The fourth-order valence-corrected chi connectivity index (χ4v) is 6.13. The van der Waals surface area contributed by atoms with Crippen LogP contribution in [0.3, 0.4) is 0 Å². The Hall–Kier alpha value is -2.96. The average molecular weight is 410 g/mol. The molecule has 0 bridgehead atoms. The van der Waals surface area contributed by atoms with E-state index in [0.29, 0.717) is 11.8 Å². The summed E-state index contributed by atoms with van der Waals surface area (Å²) in [4.78, 5) is 16.5. The molecule has 1 aliphatic carbocycles. The predicted molar refractivity (Wildman–Crippen MR) is 127 cm³/mol. The summed E-state index contributed by atoms with van der Waals surface area (Å²) in [5, 5.41) is 0. The molecule has 3 atom stereocenters. The Morgan fingerprint density at radius 3 is 1.68 bits per heavy atom. The summed E-state index contributed by atoms with van der Waals surface area (Å²) < 4.78 is 0. The molecule has 1 aliphatic rings. The molecule has 0 heterocycles. The van der Waals surface area contributed by atoms with Crippen molar-refractivity contribution in [3.05, 3.63) is 108 Å². The van der Waals surface area contributed by atoms with Gasteiger partial charge in [-0.3, -0.25) is 0 Å². The Morgan fingerprint density at radius 2 is 1.26 bits per heavy atom. The second-order valence-corrected chi connectivity index (χ2v) is 9.35. The van der Waals surface area contributed by atoms with Crippen molar-refractivity contribution in [3.63, 3.8) is 0 Å². The van der Waals surface area contributed by atoms with E-state index in [9.17, 15) is 4.79 Å². The fourth-order valence-electron chi connectivity index (χ4n) is 6.13. The molecular weight excluding hydrogens is 378 g/mol. The minimum absolute atomic E-state index is 0.200. The van der Waals surface area contributed by atoms with Crippen molar-refractivity contribution < 1.29 is 4.79 Å². The third-order valence-corrected chi connectivity index (χ3v) is 7.61. The van der Waals surface area contributed by atoms with E-state index >= 15 is 0 Å². The molecule has 0 saturated heterocycles. The highest BCUT2D eigenvalue weighted by Gasteiger charge is 2.61. The van der Waals surface area contributed by atoms with Crippen molar-refractivity contribution >= 4 is 6.08 Å². The number of nitrogens with zero attached hydrogens (tertiary/aromatic N) is 1. The van der Waals surface area contributed by atoms with E-state index in [4.69, 9.17) is 0 Å². The molecule has 0 amide bonds. The SMILES string of the molecule is CC(C)C1CCC(C)(c2ccccc2)C(c2ccccc2)(c2ccccc2)C1N=C=O. The van der Waals surface area contributed by atoms with Gasteiger partial charge in [-0.2, -0.15) is 0 Å². The molecule has 2 nitrogen and oxygen atoms in total. The van der Waals surface area contributed by atoms with Gasteiger partial charge in [0.2, 0.25) is 6.08 Å². The summed E-state index contributed by atoms with van der Waals surface area (Å²) in [7, 11) is 0. The molecule has 1 fully saturated rings. The molecular formula is C29H31NO. The van der Waals surface area contributed by atoms with Gasteiger partial charge in [-0.25, -0.2) is 9.79 Å². The molecule has 0 aromatic heterocycles. The molecule has 3 unspecified atom stereocenters. The number of benzene rings is 3. The van der Waals surface area contributed by atoms with Crippen LogP contribution in [0.5, 0.6) is 0 Å². The van der Waals surface area contributed by atoms with E-state index in [2.05, 4.69) is 117 Å². The molecule has 31 heavy (non-hydrogen) atoms. The van der Waals surface area contributed by atoms with Gasteiger partial charge in [0.25, 0.3) is 0 Å². The molecule has 1 saturated carbocycles. The van der Waals surface area contributed by atoms with Gasteiger partial charge in [-0.05, 0) is 41.4 Å². The second-order valence-electron chi connectivity index (χ2n) is 9.35. The summed E-state index contributed by atoms with van der Waals surface area (Å²) in [6.07, 6.45) is 4.03. The lowest BCUT2D eigenvalue weighted by molar-refractivity contribution is 0.0886. The van der Waals surface area contributed by atoms with E-state index in [0.717, 1.165) is 12.8 Å². The summed E-state index contributed by atoms with van der Waals surface area (Å²) >= 11 is 0. The fraction of sp³-hybridized carbons (Fsp3) is 0.345. The Balaban J connectivity index is 2.14. The lowest BCUT2D eigenvalue weighted by atomic mass is 9.44. The van der Waals surface area contributed by atoms with Crippen LogP contribution in [0.1, 0.15) is 50.3 Å². The van der Waals surface area contributed by atoms with Crippen molar-refractivity contribution in [1.29, 1.82) is 0 Å². The highest BCUT2D eigenvalue weighted by atomic mass is 16.1. The Bertz CT molecular complexity index is 998. The van der Waals surface area contributed by atoms with Crippen molar-refractivity contribution in [2.45, 2.75) is 50.5 Å². The van der Waals surface area contributed by atoms with Crippen LogP contribution in [-0.4, -0.2) is 12.1 Å². The number of aliphatic imine (C=N–C) groups is 1. The van der Waals surface area contributed by atoms with Gasteiger partial charge in [0.15, 0.2) is 0 Å². The smallest absolute Gasteiger partial charge is 0.211 e. The van der Waals surface area contributed by atoms with Gasteiger partial charge in [-0.15, -0.1) is 0 Å². The van der Waals surface area contributed by atoms with Gasteiger partial charge in [-0.1, -0.05) is 112 Å². The first-order valence-corrected chi connectivity index (χ1v) is 11.3. The third-order valence-electron chi connectivity index (χ3n) is 7.61. The van der Waals surface area contributed by atoms with Gasteiger partial charge >= 0.3 is 0 Å². The maximum absolute atomic E-state index is 11.8. The van der Waals surface area contributed by atoms with Crippen molar-refractivity contribution in [3.8, 4) is 0 Å². The zero-order valence-corrected chi connectivity index (χ0v) is 18.7. The monoisotopic (exact) mass is 409 g/mol. The van der Waals surface area contributed by atoms with Crippen LogP contribution in [0.2, 0.25) is 0 Å². The first-order valence-electron chi connectivity index (χ1n) is 11.3. The molecule has 0 N–H and O–H groups in total. The molecule has 0 spiro atoms. The Kier molecular flexibility index (Phi) is 5.94. The van der Waals surface area contributed by atoms with Crippen molar-refractivity contribution in [2.75, 3.05) is 0 Å². The van der Waals surface area contributed by atoms with Gasteiger partial charge in [0.05, 0.1) is 11.5 Å². The summed E-state index contributed by atoms with van der Waals surface area (Å²) in [6.45, 7) is 6.88. The van der Waals surface area contributed by atoms with E-state index in [-0.39, 0.29) is 11.5 Å². The van der Waals surface area contributed by atoms with Gasteiger partial charge in [0, 0.05) is 5.41 Å². The first kappa shape index (κ1) is 21.3. The third kappa shape index (κ3) is 3.36. The quantitative estimate of drug-likeness (QED) is 0.340. The Labute approximate surface area is 186 Å². The minimum Gasteiger partial charge on any atom is -0.211 e. The van der Waals surface area contributed by atoms with E-state index < -0.39 is 5.41 Å². The van der Waals surface area contributed by atoms with Gasteiger partial charge < -0.3 is 0 Å². The number of isocyanates is 1. The van der Waals surface area contributed by atoms with Crippen LogP contribution < -0.4 is 0 Å². The standard InChI is InChI=1S/C29H31NO/c1-22(2)26-19-20-28(3,23-13-7-4-8-14-23)29(27(26)30-21-31,24-15-9-5-10-16-24)25-17-11-6-12-18-25/h4-18,22,26-27H,19-20H2,1-3H3. The van der Waals surface area contributed by atoms with Crippen LogP contribution in [0.25, 0.3) is 0 Å². The minimum atomic E-state index is -0.485. The topological polar surface area (TPSA) is 29.4 Å². The van der Waals surface area contributed by atoms with Crippen LogP contribution in [-0.2, 0) is 15.6 Å². The van der Waals surface area contributed by atoms with Crippen molar-refractivity contribution in [1.82, 2.24) is 0 Å². The molecule has 2 heteroatoms. The average Bonchev–Trinajstić information content (AvgIpc) is 2.81. The molecule has 4 rings (SSSR count). The Morgan fingerprint density at radius 1 is 0.806 bits per heavy atom. The van der Waals surface area contributed by atoms with Crippen LogP contribution >= 0.6 is 0 Å². The van der Waals surface area contributed by atoms with E-state index in [1.54, 1.807) is 0 Å². The molecule has 3 aromatic carbocycles. The van der Waals surface area contributed by atoms with E-state index in [1.807, 2.05) is 6.08 Å². The zero-order valence-electron chi connectivity index (χ0n) is 18.7. The number of carbonyl (C=O) groups excluding carboxylic acids is 1. The molecule has 158 valence electrons. The lowest BCUT2D eigenvalue weighted by Crippen LogP contribution is -2.61.